The van der Waals surface area contributed by atoms with Gasteiger partial charge in [0, 0.05) is 11.6 Å². The van der Waals surface area contributed by atoms with Gasteiger partial charge in [0.25, 0.3) is 0 Å². The maximum absolute atomic E-state index is 9.87. The summed E-state index contributed by atoms with van der Waals surface area (Å²) in [6.45, 7) is 5.05. The molecule has 0 bridgehead atoms. The average Bonchev–Trinajstić information content (AvgIpc) is 2.03. The van der Waals surface area contributed by atoms with Crippen LogP contribution in [0.1, 0.15) is 29.2 Å². The molecule has 2 nitrogen and oxygen atoms in total. The quantitative estimate of drug-likeness (QED) is 0.688. The number of phenolic OH excluding ortho intramolecular Hbond substituents is 1. The highest BCUT2D eigenvalue weighted by Gasteiger charge is 2.22. The summed E-state index contributed by atoms with van der Waals surface area (Å²) in [5, 5.41) is 13.2. The van der Waals surface area contributed by atoms with Crippen LogP contribution in [0.5, 0.6) is 5.75 Å². The molecular weight excluding hydrogens is 162 g/mol. The highest BCUT2D eigenvalue weighted by molar-refractivity contribution is 5.46. The summed E-state index contributed by atoms with van der Waals surface area (Å²) in [5.74, 6) is 0.470. The van der Waals surface area contributed by atoms with Gasteiger partial charge < -0.3 is 10.4 Å². The first-order valence-electron chi connectivity index (χ1n) is 4.72. The smallest absolute Gasteiger partial charge is 0.123 e. The van der Waals surface area contributed by atoms with Gasteiger partial charge in [-0.05, 0) is 37.9 Å². The van der Waals surface area contributed by atoms with Crippen LogP contribution < -0.4 is 5.32 Å². The van der Waals surface area contributed by atoms with Crippen molar-refractivity contribution in [2.45, 2.75) is 26.3 Å². The van der Waals surface area contributed by atoms with Crippen LogP contribution in [0.4, 0.5) is 0 Å². The first-order chi connectivity index (χ1) is 6.20. The van der Waals surface area contributed by atoms with Crippen molar-refractivity contribution in [2.24, 2.45) is 0 Å². The molecule has 0 amide bonds. The van der Waals surface area contributed by atoms with Gasteiger partial charge in [0.1, 0.15) is 5.75 Å². The van der Waals surface area contributed by atoms with E-state index in [9.17, 15) is 5.11 Å². The number of aromatic hydroxyl groups is 1. The minimum absolute atomic E-state index is 0.374. The van der Waals surface area contributed by atoms with Crippen molar-refractivity contribution in [3.05, 3.63) is 28.8 Å². The molecule has 1 unspecified atom stereocenters. The number of hydrogen-bond acceptors (Lipinski definition) is 2. The van der Waals surface area contributed by atoms with Gasteiger partial charge in [-0.25, -0.2) is 0 Å². The van der Waals surface area contributed by atoms with Crippen LogP contribution >= 0.6 is 0 Å². The number of nitrogens with one attached hydrogen (secondary N) is 1. The molecule has 0 aromatic heterocycles. The van der Waals surface area contributed by atoms with Crippen LogP contribution in [0.15, 0.2) is 12.1 Å². The number of phenols is 1. The third-order valence-corrected chi connectivity index (χ3v) is 2.93. The number of hydrogen-bond donors (Lipinski definition) is 2. The Morgan fingerprint density at radius 1 is 1.38 bits per heavy atom. The second-order valence-corrected chi connectivity index (χ2v) is 3.74. The van der Waals surface area contributed by atoms with Crippen molar-refractivity contribution in [1.29, 1.82) is 0 Å². The highest BCUT2D eigenvalue weighted by Crippen LogP contribution is 2.33. The molecular formula is C11H15NO. The van der Waals surface area contributed by atoms with Gasteiger partial charge >= 0.3 is 0 Å². The second kappa shape index (κ2) is 3.04. The Morgan fingerprint density at radius 3 is 2.62 bits per heavy atom. The lowest BCUT2D eigenvalue weighted by Gasteiger charge is -2.29. The lowest BCUT2D eigenvalue weighted by atomic mass is 9.94. The molecule has 1 aromatic rings. The summed E-state index contributed by atoms with van der Waals surface area (Å²) in [4.78, 5) is 0. The predicted octanol–water partition coefficient (Wildman–Crippen LogP) is 2.04. The molecule has 2 N–H and O–H groups in total. The zero-order valence-corrected chi connectivity index (χ0v) is 8.09. The Labute approximate surface area is 78.6 Å². The van der Waals surface area contributed by atoms with E-state index in [4.69, 9.17) is 0 Å². The fourth-order valence-corrected chi connectivity index (χ4v) is 1.66. The summed E-state index contributed by atoms with van der Waals surface area (Å²) in [6, 6.07) is 4.47. The Bertz CT molecular complexity index is 329. The zero-order chi connectivity index (χ0) is 9.42. The molecule has 0 aliphatic carbocycles. The predicted molar refractivity (Wildman–Crippen MR) is 52.9 cm³/mol. The number of rotatable bonds is 1. The fourth-order valence-electron chi connectivity index (χ4n) is 1.66. The molecule has 70 valence electrons. The largest absolute Gasteiger partial charge is 0.507 e. The average molecular weight is 177 g/mol. The lowest BCUT2D eigenvalue weighted by Crippen LogP contribution is -2.35. The van der Waals surface area contributed by atoms with Gasteiger partial charge in [-0.3, -0.25) is 0 Å². The van der Waals surface area contributed by atoms with Crippen LogP contribution in [0.25, 0.3) is 0 Å². The van der Waals surface area contributed by atoms with Gasteiger partial charge in [-0.15, -0.1) is 0 Å². The van der Waals surface area contributed by atoms with E-state index in [-0.39, 0.29) is 0 Å². The minimum atomic E-state index is 0.374. The van der Waals surface area contributed by atoms with Crippen molar-refractivity contribution < 1.29 is 5.11 Å². The van der Waals surface area contributed by atoms with Gasteiger partial charge in [0.2, 0.25) is 0 Å². The van der Waals surface area contributed by atoms with Crippen molar-refractivity contribution in [1.82, 2.24) is 5.32 Å². The van der Waals surface area contributed by atoms with Crippen molar-refractivity contribution >= 4 is 0 Å². The molecule has 1 saturated heterocycles. The van der Waals surface area contributed by atoms with Crippen molar-refractivity contribution in [3.8, 4) is 5.75 Å². The summed E-state index contributed by atoms with van der Waals surface area (Å²) < 4.78 is 0. The monoisotopic (exact) mass is 177 g/mol. The van der Waals surface area contributed by atoms with Gasteiger partial charge in [0.15, 0.2) is 0 Å². The Hall–Kier alpha value is -1.02. The van der Waals surface area contributed by atoms with E-state index in [0.717, 1.165) is 29.7 Å². The summed E-state index contributed by atoms with van der Waals surface area (Å²) in [7, 11) is 0. The fraction of sp³-hybridized carbons (Fsp3) is 0.455. The Balaban J connectivity index is 2.41. The lowest BCUT2D eigenvalue weighted by molar-refractivity contribution is 0.363. The van der Waals surface area contributed by atoms with E-state index in [0.29, 0.717) is 11.8 Å². The van der Waals surface area contributed by atoms with Crippen LogP contribution in [0, 0.1) is 13.8 Å². The van der Waals surface area contributed by atoms with Gasteiger partial charge in [-0.1, -0.05) is 12.1 Å². The maximum Gasteiger partial charge on any atom is 0.123 e. The molecule has 1 aromatic carbocycles. The van der Waals surface area contributed by atoms with Crippen LogP contribution in [0.2, 0.25) is 0 Å². The van der Waals surface area contributed by atoms with Crippen LogP contribution in [0.3, 0.4) is 0 Å². The van der Waals surface area contributed by atoms with E-state index in [1.807, 2.05) is 19.9 Å². The normalized spacial score (nSPS) is 21.2. The summed E-state index contributed by atoms with van der Waals surface area (Å²) >= 11 is 0. The van der Waals surface area contributed by atoms with E-state index >= 15 is 0 Å². The van der Waals surface area contributed by atoms with Crippen LogP contribution in [-0.2, 0) is 0 Å². The second-order valence-electron chi connectivity index (χ2n) is 3.74. The maximum atomic E-state index is 9.87. The zero-order valence-electron chi connectivity index (χ0n) is 8.09. The SMILES string of the molecule is Cc1ccc(C2CCN2)c(O)c1C. The van der Waals surface area contributed by atoms with E-state index < -0.39 is 0 Å². The van der Waals surface area contributed by atoms with Crippen molar-refractivity contribution in [2.75, 3.05) is 6.54 Å². The summed E-state index contributed by atoms with van der Waals surface area (Å²) in [6.07, 6.45) is 1.13. The van der Waals surface area contributed by atoms with Crippen molar-refractivity contribution in [3.63, 3.8) is 0 Å². The molecule has 13 heavy (non-hydrogen) atoms. The third kappa shape index (κ3) is 1.31. The molecule has 1 heterocycles. The van der Waals surface area contributed by atoms with E-state index in [2.05, 4.69) is 11.4 Å². The molecule has 1 atom stereocenters. The third-order valence-electron chi connectivity index (χ3n) is 2.93. The number of aryl methyl sites for hydroxylation is 1. The first kappa shape index (κ1) is 8.57. The van der Waals surface area contributed by atoms with Gasteiger partial charge in [-0.2, -0.15) is 0 Å². The van der Waals surface area contributed by atoms with E-state index in [1.54, 1.807) is 0 Å². The highest BCUT2D eigenvalue weighted by atomic mass is 16.3. The molecule has 1 aliphatic rings. The first-order valence-corrected chi connectivity index (χ1v) is 4.72. The summed E-state index contributed by atoms with van der Waals surface area (Å²) in [5.41, 5.74) is 3.21. The molecule has 0 radical (unpaired) electrons. The molecule has 0 spiro atoms. The Kier molecular flexibility index (Phi) is 2.00. The molecule has 1 aliphatic heterocycles. The number of benzene rings is 1. The molecule has 1 fully saturated rings. The molecule has 0 saturated carbocycles. The van der Waals surface area contributed by atoms with Gasteiger partial charge in [0.05, 0.1) is 0 Å². The van der Waals surface area contributed by atoms with Crippen LogP contribution in [-0.4, -0.2) is 11.7 Å². The van der Waals surface area contributed by atoms with E-state index in [1.165, 1.54) is 0 Å². The molecule has 2 heteroatoms. The standard InChI is InChI=1S/C11H15NO/c1-7-3-4-9(10-5-6-12-10)11(13)8(7)2/h3-4,10,12-13H,5-6H2,1-2H3. The minimum Gasteiger partial charge on any atom is -0.507 e. The topological polar surface area (TPSA) is 32.3 Å². The Morgan fingerprint density at radius 2 is 2.08 bits per heavy atom. The molecule has 2 rings (SSSR count).